The number of likely N-dealkylation sites (N-methyl/N-ethyl adjacent to an activating group) is 1. The fourth-order valence-electron chi connectivity index (χ4n) is 5.50. The minimum atomic E-state index is -2.54. The molecule has 3 aliphatic rings. The Labute approximate surface area is 287 Å². The third-order valence-electron chi connectivity index (χ3n) is 8.75. The summed E-state index contributed by atoms with van der Waals surface area (Å²) in [4.78, 5) is 49.3. The van der Waals surface area contributed by atoms with E-state index in [1.807, 2.05) is 24.8 Å². The highest BCUT2D eigenvalue weighted by Gasteiger charge is 2.42. The van der Waals surface area contributed by atoms with E-state index in [4.69, 9.17) is 5.73 Å². The number of piperazine rings is 1. The van der Waals surface area contributed by atoms with E-state index in [-0.39, 0.29) is 29.1 Å². The van der Waals surface area contributed by atoms with Crippen LogP contribution in [0.2, 0.25) is 0 Å². The molecule has 14 heteroatoms. The summed E-state index contributed by atoms with van der Waals surface area (Å²) < 4.78 is 39.1. The van der Waals surface area contributed by atoms with E-state index in [1.54, 1.807) is 13.0 Å². The molecule has 2 aromatic rings. The van der Waals surface area contributed by atoms with Gasteiger partial charge in [-0.25, -0.2) is 13.2 Å². The van der Waals surface area contributed by atoms with E-state index in [9.17, 15) is 32.3 Å². The molecule has 274 valence electrons. The van der Waals surface area contributed by atoms with E-state index in [2.05, 4.69) is 35.0 Å². The van der Waals surface area contributed by atoms with Gasteiger partial charge in [0.1, 0.15) is 18.1 Å². The molecule has 1 aliphatic heterocycles. The number of nitrogens with two attached hydrogens (primary N) is 2. The van der Waals surface area contributed by atoms with E-state index in [0.717, 1.165) is 29.9 Å². The standard InChI is InChI=1S/C24H34FN3O2.C6H7F2N3O.C3H7NO.C2H6/c1-16-15-28(12-11-27(16)2)24(30)10-4-17-3-9-22(21(25)13-17)26-23(29)14-20(18-5-6-18)19-7-8-19;7-5(8)3-11-4(6(9)12)1-2-10-11;1-2-3(4)5;1-2/h3,9,13,16,18-20H,4-8,10-12,14-15H2,1-2H3,(H,26,29);1-2,5H,3H2,(H2,9,12);2H2,1H3,(H2,4,5);1-2H3/t16-;;;/m1.../s1. The van der Waals surface area contributed by atoms with Crippen LogP contribution < -0.4 is 16.8 Å². The van der Waals surface area contributed by atoms with Crippen LogP contribution in [0, 0.1) is 23.6 Å². The van der Waals surface area contributed by atoms with Gasteiger partial charge in [0.15, 0.2) is 0 Å². The van der Waals surface area contributed by atoms with Crippen LogP contribution in [0.4, 0.5) is 18.9 Å². The Morgan fingerprint density at radius 2 is 1.63 bits per heavy atom. The zero-order valence-corrected chi connectivity index (χ0v) is 29.5. The van der Waals surface area contributed by atoms with Crippen molar-refractivity contribution in [3.05, 3.63) is 47.5 Å². The summed E-state index contributed by atoms with van der Waals surface area (Å²) in [7, 11) is 2.08. The summed E-state index contributed by atoms with van der Waals surface area (Å²) in [6, 6.07) is 6.56. The lowest BCUT2D eigenvalue weighted by molar-refractivity contribution is -0.133. The molecule has 0 unspecified atom stereocenters. The minimum Gasteiger partial charge on any atom is -0.370 e. The van der Waals surface area contributed by atoms with Crippen molar-refractivity contribution in [2.45, 2.75) is 98.1 Å². The van der Waals surface area contributed by atoms with Crippen molar-refractivity contribution in [2.24, 2.45) is 29.2 Å². The molecule has 3 fully saturated rings. The number of primary amides is 2. The van der Waals surface area contributed by atoms with Crippen LogP contribution in [0.1, 0.15) is 88.7 Å². The normalized spacial score (nSPS) is 17.2. The van der Waals surface area contributed by atoms with Crippen molar-refractivity contribution in [1.82, 2.24) is 19.6 Å². The number of hydrogen-bond acceptors (Lipinski definition) is 6. The number of benzene rings is 1. The highest BCUT2D eigenvalue weighted by atomic mass is 19.3. The Bertz CT molecular complexity index is 1350. The van der Waals surface area contributed by atoms with Crippen LogP contribution in [0.25, 0.3) is 0 Å². The summed E-state index contributed by atoms with van der Waals surface area (Å²) in [6.07, 6.45) is 5.51. The van der Waals surface area contributed by atoms with Gasteiger partial charge in [0.25, 0.3) is 12.3 Å². The fourth-order valence-corrected chi connectivity index (χ4v) is 5.50. The van der Waals surface area contributed by atoms with E-state index < -0.39 is 24.7 Å². The van der Waals surface area contributed by atoms with Crippen LogP contribution in [-0.2, 0) is 27.3 Å². The maximum atomic E-state index is 14.5. The maximum absolute atomic E-state index is 14.5. The molecule has 5 N–H and O–H groups in total. The number of nitrogens with zero attached hydrogens (tertiary/aromatic N) is 4. The lowest BCUT2D eigenvalue weighted by atomic mass is 9.94. The van der Waals surface area contributed by atoms with Crippen LogP contribution in [0.15, 0.2) is 30.5 Å². The van der Waals surface area contributed by atoms with Gasteiger partial charge in [-0.05, 0) is 87.6 Å². The molecule has 1 aromatic carbocycles. The summed E-state index contributed by atoms with van der Waals surface area (Å²) in [5.41, 5.74) is 10.6. The molecule has 2 heterocycles. The van der Waals surface area contributed by atoms with Gasteiger partial charge in [0.2, 0.25) is 17.7 Å². The number of halogens is 3. The average molecular weight is 694 g/mol. The van der Waals surface area contributed by atoms with Crippen molar-refractivity contribution < 1.29 is 32.3 Å². The molecule has 1 atom stereocenters. The highest BCUT2D eigenvalue weighted by Crippen LogP contribution is 2.50. The number of anilines is 1. The molecule has 5 rings (SSSR count). The van der Waals surface area contributed by atoms with Gasteiger partial charge >= 0.3 is 0 Å². The third-order valence-corrected chi connectivity index (χ3v) is 8.75. The predicted octanol–water partition coefficient (Wildman–Crippen LogP) is 4.84. The van der Waals surface area contributed by atoms with Gasteiger partial charge < -0.3 is 26.6 Å². The quantitative estimate of drug-likeness (QED) is 0.289. The number of aromatic nitrogens is 2. The minimum absolute atomic E-state index is 0.00435. The predicted molar refractivity (Wildman–Crippen MR) is 183 cm³/mol. The number of carbonyl (C=O) groups is 4. The van der Waals surface area contributed by atoms with Crippen LogP contribution in [0.5, 0.6) is 0 Å². The Morgan fingerprint density at radius 1 is 1.02 bits per heavy atom. The van der Waals surface area contributed by atoms with Gasteiger partial charge in [-0.1, -0.05) is 26.8 Å². The monoisotopic (exact) mass is 693 g/mol. The molecule has 0 bridgehead atoms. The summed E-state index contributed by atoms with van der Waals surface area (Å²) in [5.74, 6) is 0.515. The van der Waals surface area contributed by atoms with Crippen LogP contribution >= 0.6 is 0 Å². The van der Waals surface area contributed by atoms with Gasteiger partial charge in [0.05, 0.1) is 5.69 Å². The number of aryl methyl sites for hydroxylation is 1. The second-order valence-electron chi connectivity index (χ2n) is 12.5. The van der Waals surface area contributed by atoms with Crippen molar-refractivity contribution in [1.29, 1.82) is 0 Å². The number of amides is 4. The Balaban J connectivity index is 0.000000362. The summed E-state index contributed by atoms with van der Waals surface area (Å²) in [5, 5.41) is 6.28. The number of alkyl halides is 2. The lowest BCUT2D eigenvalue weighted by Crippen LogP contribution is -2.52. The Kier molecular flexibility index (Phi) is 17.3. The van der Waals surface area contributed by atoms with Gasteiger partial charge in [-0.15, -0.1) is 0 Å². The zero-order chi connectivity index (χ0) is 36.7. The smallest absolute Gasteiger partial charge is 0.266 e. The maximum Gasteiger partial charge on any atom is 0.266 e. The lowest BCUT2D eigenvalue weighted by Gasteiger charge is -2.37. The molecule has 11 nitrogen and oxygen atoms in total. The zero-order valence-electron chi connectivity index (χ0n) is 29.5. The van der Waals surface area contributed by atoms with Crippen molar-refractivity contribution >= 4 is 29.3 Å². The molecule has 49 heavy (non-hydrogen) atoms. The second-order valence-corrected chi connectivity index (χ2v) is 12.5. The molecule has 1 aromatic heterocycles. The fraction of sp³-hybridized carbons (Fsp3) is 0.629. The Hall–Kier alpha value is -3.94. The third kappa shape index (κ3) is 14.6. The van der Waals surface area contributed by atoms with Crippen molar-refractivity contribution in [3.63, 3.8) is 0 Å². The summed E-state index contributed by atoms with van der Waals surface area (Å²) in [6.45, 7) is 9.63. The largest absolute Gasteiger partial charge is 0.370 e. The number of nitrogens with one attached hydrogen (secondary N) is 1. The first-order valence-electron chi connectivity index (χ1n) is 17.2. The van der Waals surface area contributed by atoms with Crippen molar-refractivity contribution in [3.8, 4) is 0 Å². The van der Waals surface area contributed by atoms with Crippen molar-refractivity contribution in [2.75, 3.05) is 32.0 Å². The Morgan fingerprint density at radius 3 is 2.12 bits per heavy atom. The van der Waals surface area contributed by atoms with E-state index >= 15 is 0 Å². The summed E-state index contributed by atoms with van der Waals surface area (Å²) >= 11 is 0. The van der Waals surface area contributed by atoms with E-state index in [0.29, 0.717) is 49.5 Å². The SMILES string of the molecule is CC.CCC(N)=O.C[C@@H]1CN(C(=O)CCc2ccc(NC(=O)CC(C3CC3)C3CC3)c(F)c2)CCN1C.NC(=O)c1ccnn1CC(F)F. The number of hydrogen-bond donors (Lipinski definition) is 3. The molecule has 0 radical (unpaired) electrons. The molecule has 2 saturated carbocycles. The van der Waals surface area contributed by atoms with Gasteiger partial charge in [0, 0.05) is 51.1 Å². The molecule has 0 spiro atoms. The van der Waals surface area contributed by atoms with Crippen LogP contribution in [0.3, 0.4) is 0 Å². The molecular formula is C35H54F3N7O4. The number of carbonyl (C=O) groups excluding carboxylic acids is 4. The molecule has 1 saturated heterocycles. The first-order chi connectivity index (χ1) is 23.3. The van der Waals surface area contributed by atoms with Crippen LogP contribution in [-0.4, -0.2) is 82.4 Å². The first-order valence-corrected chi connectivity index (χ1v) is 17.2. The first kappa shape index (κ1) is 41.2. The average Bonchev–Trinajstić information content (AvgIpc) is 4.01. The molecular weight excluding hydrogens is 639 g/mol. The molecule has 4 amide bonds. The van der Waals surface area contributed by atoms with Gasteiger partial charge in [-0.3, -0.25) is 23.9 Å². The topological polar surface area (TPSA) is 157 Å². The van der Waals surface area contributed by atoms with Gasteiger partial charge in [-0.2, -0.15) is 5.10 Å². The van der Waals surface area contributed by atoms with E-state index in [1.165, 1.54) is 44.0 Å². The molecule has 2 aliphatic carbocycles. The second kappa shape index (κ2) is 20.5. The highest BCUT2D eigenvalue weighted by molar-refractivity contribution is 5.91. The number of rotatable bonds is 12.